The van der Waals surface area contributed by atoms with E-state index < -0.39 is 0 Å². The SMILES string of the molecule is CN1CCN(c2ccnc(NCC3CCCC3)c2)CC1. The van der Waals surface area contributed by atoms with Gasteiger partial charge in [0.15, 0.2) is 0 Å². The van der Waals surface area contributed by atoms with Crippen LogP contribution in [0.15, 0.2) is 18.3 Å². The molecule has 2 aliphatic rings. The number of pyridine rings is 1. The molecular formula is C16H26N4. The van der Waals surface area contributed by atoms with Crippen molar-refractivity contribution in [2.45, 2.75) is 25.7 Å². The number of rotatable bonds is 4. The predicted octanol–water partition coefficient (Wildman–Crippen LogP) is 2.44. The molecule has 4 heteroatoms. The average molecular weight is 274 g/mol. The van der Waals surface area contributed by atoms with Crippen LogP contribution in [0.5, 0.6) is 0 Å². The minimum Gasteiger partial charge on any atom is -0.370 e. The number of hydrogen-bond donors (Lipinski definition) is 1. The molecule has 4 nitrogen and oxygen atoms in total. The minimum atomic E-state index is 0.851. The second-order valence-corrected chi connectivity index (χ2v) is 6.22. The van der Waals surface area contributed by atoms with Crippen molar-refractivity contribution in [2.75, 3.05) is 50.0 Å². The van der Waals surface area contributed by atoms with Gasteiger partial charge in [0.1, 0.15) is 5.82 Å². The van der Waals surface area contributed by atoms with Crippen molar-refractivity contribution in [3.8, 4) is 0 Å². The molecule has 110 valence electrons. The molecule has 0 atom stereocenters. The van der Waals surface area contributed by atoms with Crippen molar-refractivity contribution < 1.29 is 0 Å². The van der Waals surface area contributed by atoms with Crippen LogP contribution in [-0.4, -0.2) is 49.7 Å². The summed E-state index contributed by atoms with van der Waals surface area (Å²) in [4.78, 5) is 9.31. The Balaban J connectivity index is 1.57. The van der Waals surface area contributed by atoms with Crippen LogP contribution in [0.1, 0.15) is 25.7 Å². The summed E-state index contributed by atoms with van der Waals surface area (Å²) in [6.07, 6.45) is 7.50. The highest BCUT2D eigenvalue weighted by atomic mass is 15.2. The van der Waals surface area contributed by atoms with Gasteiger partial charge in [-0.3, -0.25) is 0 Å². The summed E-state index contributed by atoms with van der Waals surface area (Å²) in [6.45, 7) is 5.60. The van der Waals surface area contributed by atoms with E-state index in [1.807, 2.05) is 6.20 Å². The molecule has 2 fully saturated rings. The molecule has 0 unspecified atom stereocenters. The fourth-order valence-corrected chi connectivity index (χ4v) is 3.24. The lowest BCUT2D eigenvalue weighted by Crippen LogP contribution is -2.44. The molecule has 2 heterocycles. The van der Waals surface area contributed by atoms with E-state index in [1.54, 1.807) is 0 Å². The maximum absolute atomic E-state index is 4.46. The molecule has 1 saturated heterocycles. The number of nitrogens with one attached hydrogen (secondary N) is 1. The molecule has 1 N–H and O–H groups in total. The molecule has 0 spiro atoms. The molecule has 0 radical (unpaired) electrons. The van der Waals surface area contributed by atoms with Gasteiger partial charge in [-0.1, -0.05) is 12.8 Å². The van der Waals surface area contributed by atoms with E-state index in [1.165, 1.54) is 31.4 Å². The first-order valence-corrected chi connectivity index (χ1v) is 7.95. The van der Waals surface area contributed by atoms with Crippen LogP contribution >= 0.6 is 0 Å². The third kappa shape index (κ3) is 3.42. The van der Waals surface area contributed by atoms with E-state index in [0.717, 1.165) is 44.5 Å². The van der Waals surface area contributed by atoms with E-state index in [2.05, 4.69) is 39.3 Å². The van der Waals surface area contributed by atoms with Crippen LogP contribution < -0.4 is 10.2 Å². The highest BCUT2D eigenvalue weighted by Gasteiger charge is 2.16. The van der Waals surface area contributed by atoms with Crippen LogP contribution in [0, 0.1) is 5.92 Å². The molecule has 3 rings (SSSR count). The lowest BCUT2D eigenvalue weighted by molar-refractivity contribution is 0.313. The highest BCUT2D eigenvalue weighted by Crippen LogP contribution is 2.25. The summed E-state index contributed by atoms with van der Waals surface area (Å²) in [6, 6.07) is 4.34. The van der Waals surface area contributed by atoms with E-state index in [-0.39, 0.29) is 0 Å². The Morgan fingerprint density at radius 3 is 2.70 bits per heavy atom. The van der Waals surface area contributed by atoms with Crippen molar-refractivity contribution in [1.82, 2.24) is 9.88 Å². The molecule has 1 aromatic heterocycles. The second kappa shape index (κ2) is 6.44. The van der Waals surface area contributed by atoms with Gasteiger partial charge in [-0.05, 0) is 31.9 Å². The molecule has 0 amide bonds. The van der Waals surface area contributed by atoms with Gasteiger partial charge in [-0.2, -0.15) is 0 Å². The van der Waals surface area contributed by atoms with Gasteiger partial charge in [0, 0.05) is 50.7 Å². The summed E-state index contributed by atoms with van der Waals surface area (Å²) in [5.74, 6) is 1.89. The average Bonchev–Trinajstić information content (AvgIpc) is 3.00. The van der Waals surface area contributed by atoms with Gasteiger partial charge in [0.25, 0.3) is 0 Å². The van der Waals surface area contributed by atoms with Crippen molar-refractivity contribution in [2.24, 2.45) is 5.92 Å². The zero-order chi connectivity index (χ0) is 13.8. The zero-order valence-corrected chi connectivity index (χ0v) is 12.5. The van der Waals surface area contributed by atoms with Gasteiger partial charge >= 0.3 is 0 Å². The van der Waals surface area contributed by atoms with E-state index >= 15 is 0 Å². The van der Waals surface area contributed by atoms with Crippen molar-refractivity contribution in [1.29, 1.82) is 0 Å². The molecule has 0 bridgehead atoms. The minimum absolute atomic E-state index is 0.851. The van der Waals surface area contributed by atoms with Gasteiger partial charge in [0.05, 0.1) is 0 Å². The van der Waals surface area contributed by atoms with Crippen LogP contribution in [0.4, 0.5) is 11.5 Å². The smallest absolute Gasteiger partial charge is 0.127 e. The molecule has 0 aromatic carbocycles. The van der Waals surface area contributed by atoms with Crippen molar-refractivity contribution in [3.63, 3.8) is 0 Å². The maximum atomic E-state index is 4.46. The van der Waals surface area contributed by atoms with Crippen molar-refractivity contribution in [3.05, 3.63) is 18.3 Å². The first-order chi connectivity index (χ1) is 9.81. The number of aromatic nitrogens is 1. The third-order valence-electron chi connectivity index (χ3n) is 4.66. The summed E-state index contributed by atoms with van der Waals surface area (Å²) >= 11 is 0. The summed E-state index contributed by atoms with van der Waals surface area (Å²) < 4.78 is 0. The fraction of sp³-hybridized carbons (Fsp3) is 0.688. The summed E-state index contributed by atoms with van der Waals surface area (Å²) in [5, 5.41) is 3.53. The first kappa shape index (κ1) is 13.7. The van der Waals surface area contributed by atoms with Crippen LogP contribution in [-0.2, 0) is 0 Å². The normalized spacial score (nSPS) is 21.4. The lowest BCUT2D eigenvalue weighted by atomic mass is 10.1. The molecule has 20 heavy (non-hydrogen) atoms. The number of nitrogens with zero attached hydrogens (tertiary/aromatic N) is 3. The van der Waals surface area contributed by atoms with E-state index in [0.29, 0.717) is 0 Å². The Hall–Kier alpha value is -1.29. The largest absolute Gasteiger partial charge is 0.370 e. The Morgan fingerprint density at radius 2 is 1.95 bits per heavy atom. The standard InChI is InChI=1S/C16H26N4/c1-19-8-10-20(11-9-19)15-6-7-17-16(12-15)18-13-14-4-2-3-5-14/h6-7,12,14H,2-5,8-11,13H2,1H3,(H,17,18). The Kier molecular flexibility index (Phi) is 4.41. The lowest BCUT2D eigenvalue weighted by Gasteiger charge is -2.34. The maximum Gasteiger partial charge on any atom is 0.127 e. The van der Waals surface area contributed by atoms with Crippen LogP contribution in [0.25, 0.3) is 0 Å². The number of piperazine rings is 1. The van der Waals surface area contributed by atoms with Crippen LogP contribution in [0.3, 0.4) is 0 Å². The van der Waals surface area contributed by atoms with E-state index in [4.69, 9.17) is 0 Å². The summed E-state index contributed by atoms with van der Waals surface area (Å²) in [5.41, 5.74) is 1.31. The molecule has 1 aliphatic carbocycles. The Morgan fingerprint density at radius 1 is 1.20 bits per heavy atom. The predicted molar refractivity (Wildman–Crippen MR) is 84.4 cm³/mol. The topological polar surface area (TPSA) is 31.4 Å². The Labute approximate surface area is 122 Å². The molecule has 1 saturated carbocycles. The van der Waals surface area contributed by atoms with Gasteiger partial charge in [-0.25, -0.2) is 4.98 Å². The van der Waals surface area contributed by atoms with Gasteiger partial charge in [-0.15, -0.1) is 0 Å². The van der Waals surface area contributed by atoms with E-state index in [9.17, 15) is 0 Å². The Bertz CT molecular complexity index is 420. The second-order valence-electron chi connectivity index (χ2n) is 6.22. The molecule has 1 aliphatic heterocycles. The fourth-order valence-electron chi connectivity index (χ4n) is 3.24. The van der Waals surface area contributed by atoms with Crippen LogP contribution in [0.2, 0.25) is 0 Å². The third-order valence-corrected chi connectivity index (χ3v) is 4.66. The first-order valence-electron chi connectivity index (χ1n) is 7.95. The molecule has 1 aromatic rings. The summed E-state index contributed by atoms with van der Waals surface area (Å²) in [7, 11) is 2.19. The monoisotopic (exact) mass is 274 g/mol. The number of anilines is 2. The quantitative estimate of drug-likeness (QED) is 0.914. The molecular weight excluding hydrogens is 248 g/mol. The van der Waals surface area contributed by atoms with Crippen molar-refractivity contribution >= 4 is 11.5 Å². The van der Waals surface area contributed by atoms with Gasteiger partial charge < -0.3 is 15.1 Å². The number of likely N-dealkylation sites (N-methyl/N-ethyl adjacent to an activating group) is 1. The van der Waals surface area contributed by atoms with Gasteiger partial charge in [0.2, 0.25) is 0 Å². The highest BCUT2D eigenvalue weighted by molar-refractivity contribution is 5.54. The number of hydrogen-bond acceptors (Lipinski definition) is 4. The zero-order valence-electron chi connectivity index (χ0n) is 12.5.